The molecule has 0 aliphatic heterocycles. The van der Waals surface area contributed by atoms with E-state index in [1.165, 1.54) is 7.11 Å². The lowest BCUT2D eigenvalue weighted by atomic mass is 9.93. The summed E-state index contributed by atoms with van der Waals surface area (Å²) < 4.78 is 4.39. The number of carbonyl (C=O) groups excluding carboxylic acids is 2. The summed E-state index contributed by atoms with van der Waals surface area (Å²) in [6.07, 6.45) is 1.08. The van der Waals surface area contributed by atoms with Gasteiger partial charge in [0.05, 0.1) is 12.6 Å². The molecule has 0 aliphatic rings. The Kier molecular flexibility index (Phi) is 5.15. The van der Waals surface area contributed by atoms with Gasteiger partial charge in [0, 0.05) is 0 Å². The lowest BCUT2D eigenvalue weighted by Crippen LogP contribution is -2.54. The molecule has 0 atom stereocenters. The summed E-state index contributed by atoms with van der Waals surface area (Å²) in [6.45, 7) is 3.54. The van der Waals surface area contributed by atoms with Gasteiger partial charge in [-0.2, -0.15) is 0 Å². The maximum atomic E-state index is 11.5. The molecule has 1 amide bonds. The Morgan fingerprint density at radius 1 is 1.36 bits per heavy atom. The van der Waals surface area contributed by atoms with Crippen molar-refractivity contribution < 1.29 is 14.3 Å². The summed E-state index contributed by atoms with van der Waals surface area (Å²) >= 11 is 0. The van der Waals surface area contributed by atoms with Crippen LogP contribution in [0.1, 0.15) is 26.7 Å². The summed E-state index contributed by atoms with van der Waals surface area (Å²) in [4.78, 5) is 22.2. The summed E-state index contributed by atoms with van der Waals surface area (Å²) in [5.41, 5.74) is 4.92. The van der Waals surface area contributed by atoms with Gasteiger partial charge >= 0.3 is 5.97 Å². The molecule has 0 heterocycles. The Bertz CT molecular complexity index is 212. The van der Waals surface area contributed by atoms with Crippen molar-refractivity contribution in [3.8, 4) is 0 Å². The van der Waals surface area contributed by atoms with Crippen LogP contribution in [0.25, 0.3) is 0 Å². The number of hydrogen-bond acceptors (Lipinski definition) is 4. The zero-order chi connectivity index (χ0) is 11.2. The Morgan fingerprint density at radius 3 is 2.21 bits per heavy atom. The van der Waals surface area contributed by atoms with Crippen molar-refractivity contribution in [2.75, 3.05) is 13.7 Å². The number of methoxy groups -OCH3 is 1. The number of rotatable bonds is 5. The van der Waals surface area contributed by atoms with Gasteiger partial charge in [-0.25, -0.2) is 0 Å². The Labute approximate surface area is 84.0 Å². The molecule has 0 radical (unpaired) electrons. The smallest absolute Gasteiger partial charge is 0.325 e. The Hall–Kier alpha value is -1.10. The average Bonchev–Trinajstić information content (AvgIpc) is 2.23. The number of nitrogens with two attached hydrogens (primary N) is 1. The van der Waals surface area contributed by atoms with E-state index in [0.717, 1.165) is 0 Å². The normalized spacial score (nSPS) is 10.9. The molecule has 0 aromatic heterocycles. The van der Waals surface area contributed by atoms with Gasteiger partial charge in [-0.1, -0.05) is 13.8 Å². The van der Waals surface area contributed by atoms with Crippen molar-refractivity contribution >= 4 is 11.9 Å². The lowest BCUT2D eigenvalue weighted by Gasteiger charge is -2.24. The molecule has 0 fully saturated rings. The van der Waals surface area contributed by atoms with Gasteiger partial charge in [0.2, 0.25) is 5.91 Å². The molecule has 0 bridgehead atoms. The van der Waals surface area contributed by atoms with Crippen LogP contribution in [-0.2, 0) is 14.3 Å². The van der Waals surface area contributed by atoms with Crippen LogP contribution in [0.5, 0.6) is 0 Å². The molecule has 0 spiro atoms. The summed E-state index contributed by atoms with van der Waals surface area (Å²) in [5, 5.41) is 2.44. The van der Waals surface area contributed by atoms with Crippen LogP contribution in [0.2, 0.25) is 0 Å². The number of amides is 1. The van der Waals surface area contributed by atoms with Crippen LogP contribution in [-0.4, -0.2) is 31.1 Å². The first-order valence-corrected chi connectivity index (χ1v) is 4.64. The second-order valence-electron chi connectivity index (χ2n) is 3.12. The zero-order valence-electron chi connectivity index (χ0n) is 8.92. The van der Waals surface area contributed by atoms with Crippen molar-refractivity contribution in [1.82, 2.24) is 5.32 Å². The van der Waals surface area contributed by atoms with E-state index in [1.54, 1.807) is 0 Å². The molecule has 3 N–H and O–H groups in total. The van der Waals surface area contributed by atoms with Gasteiger partial charge in [-0.05, 0) is 12.8 Å². The van der Waals surface area contributed by atoms with Crippen molar-refractivity contribution in [2.45, 2.75) is 32.2 Å². The molecule has 0 unspecified atom stereocenters. The van der Waals surface area contributed by atoms with E-state index in [0.29, 0.717) is 12.8 Å². The molecule has 0 aromatic carbocycles. The van der Waals surface area contributed by atoms with E-state index in [-0.39, 0.29) is 12.5 Å². The predicted octanol–water partition coefficient (Wildman–Crippen LogP) is -0.207. The maximum Gasteiger partial charge on any atom is 0.325 e. The van der Waals surface area contributed by atoms with Gasteiger partial charge < -0.3 is 15.8 Å². The van der Waals surface area contributed by atoms with Crippen LogP contribution < -0.4 is 11.1 Å². The first-order valence-electron chi connectivity index (χ1n) is 4.64. The van der Waals surface area contributed by atoms with Crippen LogP contribution in [0.4, 0.5) is 0 Å². The quantitative estimate of drug-likeness (QED) is 0.604. The minimum atomic E-state index is -0.881. The second kappa shape index (κ2) is 5.59. The number of ether oxygens (including phenoxy) is 1. The molecular formula is C9H18N2O3. The fraction of sp³-hybridized carbons (Fsp3) is 0.778. The van der Waals surface area contributed by atoms with Crippen LogP contribution in [0.3, 0.4) is 0 Å². The summed E-state index contributed by atoms with van der Waals surface area (Å²) in [6, 6.07) is 0. The number of esters is 1. The van der Waals surface area contributed by atoms with Gasteiger partial charge in [0.15, 0.2) is 0 Å². The highest BCUT2D eigenvalue weighted by Gasteiger charge is 2.29. The van der Waals surface area contributed by atoms with E-state index >= 15 is 0 Å². The minimum Gasteiger partial charge on any atom is -0.468 e. The second-order valence-corrected chi connectivity index (χ2v) is 3.12. The molecule has 0 aliphatic carbocycles. The van der Waals surface area contributed by atoms with E-state index in [2.05, 4.69) is 10.1 Å². The van der Waals surface area contributed by atoms with E-state index in [1.807, 2.05) is 13.8 Å². The monoisotopic (exact) mass is 202 g/mol. The highest BCUT2D eigenvalue weighted by molar-refractivity contribution is 5.88. The fourth-order valence-corrected chi connectivity index (χ4v) is 0.972. The number of nitrogens with one attached hydrogen (secondary N) is 1. The molecule has 82 valence electrons. The minimum absolute atomic E-state index is 0.131. The van der Waals surface area contributed by atoms with E-state index in [9.17, 15) is 9.59 Å². The Morgan fingerprint density at radius 2 is 1.86 bits per heavy atom. The molecule has 0 rings (SSSR count). The van der Waals surface area contributed by atoms with Gasteiger partial charge in [0.25, 0.3) is 0 Å². The van der Waals surface area contributed by atoms with Crippen LogP contribution in [0.15, 0.2) is 0 Å². The zero-order valence-corrected chi connectivity index (χ0v) is 8.92. The molecule has 0 saturated carbocycles. The van der Waals surface area contributed by atoms with E-state index < -0.39 is 11.5 Å². The average molecular weight is 202 g/mol. The van der Waals surface area contributed by atoms with Crippen molar-refractivity contribution in [3.05, 3.63) is 0 Å². The molecule has 5 heteroatoms. The largest absolute Gasteiger partial charge is 0.468 e. The highest BCUT2D eigenvalue weighted by atomic mass is 16.5. The van der Waals surface area contributed by atoms with Crippen molar-refractivity contribution in [2.24, 2.45) is 5.73 Å². The summed E-state index contributed by atoms with van der Waals surface area (Å²) in [5.74, 6) is -0.791. The number of carbonyl (C=O) groups is 2. The predicted molar refractivity (Wildman–Crippen MR) is 52.5 cm³/mol. The summed E-state index contributed by atoms with van der Waals surface area (Å²) in [7, 11) is 1.27. The third-order valence-corrected chi connectivity index (χ3v) is 2.33. The van der Waals surface area contributed by atoms with E-state index in [4.69, 9.17) is 5.73 Å². The standard InChI is InChI=1S/C9H18N2O3/c1-4-9(10,5-2)8(13)11-6-7(12)14-3/h4-6,10H2,1-3H3,(H,11,13). The van der Waals surface area contributed by atoms with Crippen molar-refractivity contribution in [1.29, 1.82) is 0 Å². The lowest BCUT2D eigenvalue weighted by molar-refractivity contribution is -0.141. The molecular weight excluding hydrogens is 184 g/mol. The van der Waals surface area contributed by atoms with Crippen LogP contribution >= 0.6 is 0 Å². The fourth-order valence-electron chi connectivity index (χ4n) is 0.972. The molecule has 0 saturated heterocycles. The third kappa shape index (κ3) is 3.33. The van der Waals surface area contributed by atoms with Gasteiger partial charge in [-0.3, -0.25) is 9.59 Å². The van der Waals surface area contributed by atoms with Gasteiger partial charge in [-0.15, -0.1) is 0 Å². The molecule has 14 heavy (non-hydrogen) atoms. The number of hydrogen-bond donors (Lipinski definition) is 2. The SMILES string of the molecule is CCC(N)(CC)C(=O)NCC(=O)OC. The Balaban J connectivity index is 4.13. The first kappa shape index (κ1) is 12.9. The maximum absolute atomic E-state index is 11.5. The van der Waals surface area contributed by atoms with Crippen molar-refractivity contribution in [3.63, 3.8) is 0 Å². The third-order valence-electron chi connectivity index (χ3n) is 2.33. The molecule has 5 nitrogen and oxygen atoms in total. The highest BCUT2D eigenvalue weighted by Crippen LogP contribution is 2.10. The topological polar surface area (TPSA) is 81.4 Å². The van der Waals surface area contributed by atoms with Crippen LogP contribution in [0, 0.1) is 0 Å². The van der Waals surface area contributed by atoms with Gasteiger partial charge in [0.1, 0.15) is 6.54 Å². The molecule has 0 aromatic rings. The first-order chi connectivity index (χ1) is 6.50.